The molecule has 2 aromatic rings. The molecular formula is C23H30N4O2. The highest BCUT2D eigenvalue weighted by molar-refractivity contribution is 5.99. The number of para-hydroxylation sites is 1. The molecule has 0 unspecified atom stereocenters. The number of aromatic nitrogens is 1. The van der Waals surface area contributed by atoms with Crippen molar-refractivity contribution in [2.45, 2.75) is 44.7 Å². The highest BCUT2D eigenvalue weighted by atomic mass is 16.5. The van der Waals surface area contributed by atoms with Crippen molar-refractivity contribution < 1.29 is 9.53 Å². The number of nitrogens with one attached hydrogen (secondary N) is 1. The van der Waals surface area contributed by atoms with Crippen molar-refractivity contribution in [2.75, 3.05) is 32.1 Å². The van der Waals surface area contributed by atoms with E-state index in [-0.39, 0.29) is 11.9 Å². The number of fused-ring (bicyclic) bond motifs is 1. The summed E-state index contributed by atoms with van der Waals surface area (Å²) in [7, 11) is 4.26. The zero-order chi connectivity index (χ0) is 20.4. The van der Waals surface area contributed by atoms with Gasteiger partial charge in [-0.15, -0.1) is 0 Å². The SMILES string of the molecule is Cc1ccc(N2CCOc3c(C(=O)N[C@H]4CC[C@H](N(C)C)CC4)cccc32)nc1. The molecular weight excluding hydrogens is 364 g/mol. The summed E-state index contributed by atoms with van der Waals surface area (Å²) in [6.45, 7) is 3.27. The highest BCUT2D eigenvalue weighted by Crippen LogP contribution is 2.38. The van der Waals surface area contributed by atoms with Crippen LogP contribution in [0.15, 0.2) is 36.5 Å². The van der Waals surface area contributed by atoms with Crippen LogP contribution in [0.1, 0.15) is 41.6 Å². The van der Waals surface area contributed by atoms with E-state index in [4.69, 9.17) is 4.74 Å². The molecule has 1 amide bonds. The normalized spacial score (nSPS) is 21.4. The smallest absolute Gasteiger partial charge is 0.255 e. The second-order valence-electron chi connectivity index (χ2n) is 8.29. The van der Waals surface area contributed by atoms with Crippen LogP contribution in [0.5, 0.6) is 5.75 Å². The van der Waals surface area contributed by atoms with Crippen LogP contribution >= 0.6 is 0 Å². The summed E-state index contributed by atoms with van der Waals surface area (Å²) < 4.78 is 5.95. The quantitative estimate of drug-likeness (QED) is 0.860. The lowest BCUT2D eigenvalue weighted by atomic mass is 9.90. The molecule has 0 saturated heterocycles. The lowest BCUT2D eigenvalue weighted by molar-refractivity contribution is 0.0912. The second-order valence-corrected chi connectivity index (χ2v) is 8.29. The molecule has 1 aromatic heterocycles. The maximum atomic E-state index is 13.1. The van der Waals surface area contributed by atoms with Crippen LogP contribution in [0.4, 0.5) is 11.5 Å². The Kier molecular flexibility index (Phi) is 5.72. The molecule has 1 aliphatic carbocycles. The van der Waals surface area contributed by atoms with Gasteiger partial charge in [0.25, 0.3) is 5.91 Å². The van der Waals surface area contributed by atoms with E-state index in [0.717, 1.165) is 42.8 Å². The predicted molar refractivity (Wildman–Crippen MR) is 115 cm³/mol. The lowest BCUT2D eigenvalue weighted by Gasteiger charge is -2.34. The molecule has 4 rings (SSSR count). The number of hydrogen-bond donors (Lipinski definition) is 1. The number of amides is 1. The van der Waals surface area contributed by atoms with Gasteiger partial charge in [-0.2, -0.15) is 0 Å². The van der Waals surface area contributed by atoms with E-state index in [1.165, 1.54) is 0 Å². The largest absolute Gasteiger partial charge is 0.489 e. The summed E-state index contributed by atoms with van der Waals surface area (Å²) in [5.74, 6) is 1.48. The first-order valence-corrected chi connectivity index (χ1v) is 10.5. The summed E-state index contributed by atoms with van der Waals surface area (Å²) in [6, 6.07) is 10.7. The molecule has 2 aliphatic rings. The number of hydrogen-bond acceptors (Lipinski definition) is 5. The Morgan fingerprint density at radius 2 is 1.97 bits per heavy atom. The number of pyridine rings is 1. The van der Waals surface area contributed by atoms with Gasteiger partial charge in [0.2, 0.25) is 0 Å². The molecule has 0 spiro atoms. The summed E-state index contributed by atoms with van der Waals surface area (Å²) in [5, 5.41) is 3.24. The van der Waals surface area contributed by atoms with Gasteiger partial charge in [-0.1, -0.05) is 12.1 Å². The summed E-state index contributed by atoms with van der Waals surface area (Å²) >= 11 is 0. The number of carbonyl (C=O) groups is 1. The third-order valence-electron chi connectivity index (χ3n) is 6.03. The average Bonchev–Trinajstić information content (AvgIpc) is 2.74. The maximum Gasteiger partial charge on any atom is 0.255 e. The van der Waals surface area contributed by atoms with Crippen molar-refractivity contribution in [3.8, 4) is 5.75 Å². The van der Waals surface area contributed by atoms with E-state index >= 15 is 0 Å². The number of rotatable bonds is 4. The first-order chi connectivity index (χ1) is 14.0. The number of ether oxygens (including phenoxy) is 1. The van der Waals surface area contributed by atoms with Gasteiger partial charge >= 0.3 is 0 Å². The Morgan fingerprint density at radius 3 is 2.66 bits per heavy atom. The van der Waals surface area contributed by atoms with E-state index in [9.17, 15) is 4.79 Å². The van der Waals surface area contributed by atoms with E-state index in [2.05, 4.69) is 40.3 Å². The van der Waals surface area contributed by atoms with Crippen molar-refractivity contribution >= 4 is 17.4 Å². The van der Waals surface area contributed by atoms with Crippen LogP contribution in [0.25, 0.3) is 0 Å². The van der Waals surface area contributed by atoms with Crippen molar-refractivity contribution in [1.82, 2.24) is 15.2 Å². The molecule has 0 atom stereocenters. The monoisotopic (exact) mass is 394 g/mol. The molecule has 1 aromatic carbocycles. The Bertz CT molecular complexity index is 858. The van der Waals surface area contributed by atoms with Crippen LogP contribution in [0, 0.1) is 6.92 Å². The van der Waals surface area contributed by atoms with Crippen molar-refractivity contribution in [3.63, 3.8) is 0 Å². The van der Waals surface area contributed by atoms with Gasteiger partial charge in [-0.05, 0) is 70.5 Å². The van der Waals surface area contributed by atoms with Gasteiger partial charge in [-0.3, -0.25) is 4.79 Å². The third-order valence-corrected chi connectivity index (χ3v) is 6.03. The first kappa shape index (κ1) is 19.7. The Morgan fingerprint density at radius 1 is 1.17 bits per heavy atom. The molecule has 1 fully saturated rings. The van der Waals surface area contributed by atoms with E-state index in [1.54, 1.807) is 0 Å². The Labute approximate surface area is 172 Å². The predicted octanol–water partition coefficient (Wildman–Crippen LogP) is 3.52. The highest BCUT2D eigenvalue weighted by Gasteiger charge is 2.28. The zero-order valence-corrected chi connectivity index (χ0v) is 17.5. The molecule has 154 valence electrons. The minimum Gasteiger partial charge on any atom is -0.489 e. The molecule has 1 aliphatic heterocycles. The summed E-state index contributed by atoms with van der Waals surface area (Å²) in [5.41, 5.74) is 2.63. The molecule has 6 heteroatoms. The molecule has 0 bridgehead atoms. The summed E-state index contributed by atoms with van der Waals surface area (Å²) in [4.78, 5) is 22.0. The van der Waals surface area contributed by atoms with Crippen LogP contribution in [0.3, 0.4) is 0 Å². The molecule has 6 nitrogen and oxygen atoms in total. The number of benzene rings is 1. The van der Waals surface area contributed by atoms with Crippen molar-refractivity contribution in [2.24, 2.45) is 0 Å². The Balaban J connectivity index is 1.51. The zero-order valence-electron chi connectivity index (χ0n) is 17.5. The molecule has 1 N–H and O–H groups in total. The van der Waals surface area contributed by atoms with Crippen LogP contribution in [0.2, 0.25) is 0 Å². The van der Waals surface area contributed by atoms with E-state index in [1.807, 2.05) is 37.4 Å². The molecule has 0 radical (unpaired) electrons. The van der Waals surface area contributed by atoms with Gasteiger partial charge in [0.15, 0.2) is 5.75 Å². The van der Waals surface area contributed by atoms with Crippen molar-refractivity contribution in [1.29, 1.82) is 0 Å². The number of anilines is 2. The second kappa shape index (κ2) is 8.41. The van der Waals surface area contributed by atoms with Crippen LogP contribution < -0.4 is 15.0 Å². The van der Waals surface area contributed by atoms with Crippen LogP contribution in [-0.4, -0.2) is 55.1 Å². The van der Waals surface area contributed by atoms with Gasteiger partial charge in [0.1, 0.15) is 12.4 Å². The number of carbonyl (C=O) groups excluding carboxylic acids is 1. The summed E-state index contributed by atoms with van der Waals surface area (Å²) in [6.07, 6.45) is 6.14. The standard InChI is InChI=1S/C23H30N4O2/c1-16-7-12-21(24-15-16)27-13-14-29-22-19(5-4-6-20(22)27)23(28)25-17-8-10-18(11-9-17)26(2)3/h4-7,12,15,17-18H,8-11,13-14H2,1-3H3,(H,25,28)/t17-,18-. The maximum absolute atomic E-state index is 13.1. The lowest BCUT2D eigenvalue weighted by Crippen LogP contribution is -2.42. The fourth-order valence-corrected chi connectivity index (χ4v) is 4.28. The minimum atomic E-state index is -0.0473. The fraction of sp³-hybridized carbons (Fsp3) is 0.478. The Hall–Kier alpha value is -2.60. The van der Waals surface area contributed by atoms with Gasteiger partial charge in [0, 0.05) is 18.3 Å². The molecule has 29 heavy (non-hydrogen) atoms. The van der Waals surface area contributed by atoms with Gasteiger partial charge in [0.05, 0.1) is 17.8 Å². The first-order valence-electron chi connectivity index (χ1n) is 10.5. The van der Waals surface area contributed by atoms with E-state index in [0.29, 0.717) is 30.5 Å². The molecule has 1 saturated carbocycles. The number of aryl methyl sites for hydroxylation is 1. The third kappa shape index (κ3) is 4.22. The number of nitrogens with zero attached hydrogens (tertiary/aromatic N) is 3. The average molecular weight is 395 g/mol. The molecule has 2 heterocycles. The van der Waals surface area contributed by atoms with Gasteiger partial charge < -0.3 is 19.9 Å². The van der Waals surface area contributed by atoms with Crippen molar-refractivity contribution in [3.05, 3.63) is 47.7 Å². The van der Waals surface area contributed by atoms with Crippen LogP contribution in [-0.2, 0) is 0 Å². The fourth-order valence-electron chi connectivity index (χ4n) is 4.28. The minimum absolute atomic E-state index is 0.0473. The van der Waals surface area contributed by atoms with Gasteiger partial charge in [-0.25, -0.2) is 4.98 Å². The topological polar surface area (TPSA) is 57.7 Å². The van der Waals surface area contributed by atoms with E-state index < -0.39 is 0 Å².